The van der Waals surface area contributed by atoms with Gasteiger partial charge >= 0.3 is 5.97 Å². The second-order valence-electron chi connectivity index (χ2n) is 7.93. The Labute approximate surface area is 220 Å². The average molecular weight is 525 g/mol. The number of amidine groups is 1. The fourth-order valence-electron chi connectivity index (χ4n) is 3.30. The lowest BCUT2D eigenvalue weighted by Crippen LogP contribution is -2.54. The number of esters is 1. The number of benzene rings is 2. The first-order valence-electron chi connectivity index (χ1n) is 11.2. The van der Waals surface area contributed by atoms with Gasteiger partial charge in [-0.1, -0.05) is 36.4 Å². The molecule has 0 spiro atoms. The minimum Gasteiger partial charge on any atom is -0.465 e. The van der Waals surface area contributed by atoms with Crippen LogP contribution in [0.25, 0.3) is 0 Å². The minimum absolute atomic E-state index is 0. The molecule has 0 aliphatic carbocycles. The third-order valence-electron chi connectivity index (χ3n) is 5.30. The van der Waals surface area contributed by atoms with Gasteiger partial charge in [-0.25, -0.2) is 4.79 Å². The summed E-state index contributed by atoms with van der Waals surface area (Å²) in [5, 5.41) is 16.1. The molecule has 37 heavy (non-hydrogen) atoms. The lowest BCUT2D eigenvalue weighted by Gasteiger charge is -2.20. The Morgan fingerprint density at radius 2 is 1.46 bits per heavy atom. The Morgan fingerprint density at radius 1 is 0.892 bits per heavy atom. The normalized spacial score (nSPS) is 10.9. The smallest absolute Gasteiger partial charge is 0.337 e. The maximum atomic E-state index is 12.9. The Bertz CT molecular complexity index is 1200. The summed E-state index contributed by atoms with van der Waals surface area (Å²) < 4.78 is 4.68. The predicted octanol–water partition coefficient (Wildman–Crippen LogP) is 1.67. The predicted molar refractivity (Wildman–Crippen MR) is 141 cm³/mol. The zero-order valence-corrected chi connectivity index (χ0v) is 21.0. The van der Waals surface area contributed by atoms with Crippen LogP contribution in [0.1, 0.15) is 32.6 Å². The number of hydrogen-bond acceptors (Lipinski definition) is 7. The summed E-state index contributed by atoms with van der Waals surface area (Å²) in [6.07, 6.45) is 2.29. The van der Waals surface area contributed by atoms with Crippen LogP contribution >= 0.6 is 12.4 Å². The number of nitrogens with one attached hydrogen (secondary N) is 4. The van der Waals surface area contributed by atoms with Crippen molar-refractivity contribution in [3.8, 4) is 0 Å². The van der Waals surface area contributed by atoms with Crippen molar-refractivity contribution in [3.05, 3.63) is 101 Å². The molecule has 1 atom stereocenters. The molecule has 0 bridgehead atoms. The molecule has 0 saturated heterocycles. The standard InChI is InChI=1S/C26H28N6O4.ClH/c1-36-26(35)21-8-2-17(3-9-21)14-22(33)32-24(25(34)31-16-19-10-12-29-13-11-19)30-15-18-4-6-20(7-5-18)23(27)28;/h2-13,24,30H,14-16H2,1H3,(H3,27,28)(H,31,34)(H,32,33);1H. The molecule has 3 aromatic rings. The molecule has 0 fully saturated rings. The molecule has 1 heterocycles. The van der Waals surface area contributed by atoms with Crippen LogP contribution in [0.2, 0.25) is 0 Å². The summed E-state index contributed by atoms with van der Waals surface area (Å²) in [5.41, 5.74) is 8.86. The van der Waals surface area contributed by atoms with Crippen molar-refractivity contribution in [1.82, 2.24) is 20.9 Å². The molecule has 11 heteroatoms. The van der Waals surface area contributed by atoms with Crippen LogP contribution in [-0.2, 0) is 33.8 Å². The monoisotopic (exact) mass is 524 g/mol. The van der Waals surface area contributed by atoms with E-state index in [1.165, 1.54) is 7.11 Å². The van der Waals surface area contributed by atoms with E-state index in [4.69, 9.17) is 11.1 Å². The summed E-state index contributed by atoms with van der Waals surface area (Å²) in [6.45, 7) is 0.567. The Hall–Kier alpha value is -4.28. The zero-order chi connectivity index (χ0) is 25.9. The third-order valence-corrected chi connectivity index (χ3v) is 5.30. The highest BCUT2D eigenvalue weighted by Gasteiger charge is 2.20. The number of aromatic nitrogens is 1. The van der Waals surface area contributed by atoms with Crippen molar-refractivity contribution >= 4 is 36.0 Å². The number of ether oxygens (including phenoxy) is 1. The summed E-state index contributed by atoms with van der Waals surface area (Å²) in [5.74, 6) is -1.27. The lowest BCUT2D eigenvalue weighted by molar-refractivity contribution is -0.129. The van der Waals surface area contributed by atoms with Crippen LogP contribution in [0.15, 0.2) is 73.1 Å². The highest BCUT2D eigenvalue weighted by molar-refractivity contribution is 5.95. The van der Waals surface area contributed by atoms with Gasteiger partial charge in [0.05, 0.1) is 19.1 Å². The van der Waals surface area contributed by atoms with E-state index >= 15 is 0 Å². The second kappa shape index (κ2) is 14.3. The van der Waals surface area contributed by atoms with Gasteiger partial charge in [0.15, 0.2) is 6.17 Å². The third kappa shape index (κ3) is 9.02. The van der Waals surface area contributed by atoms with Crippen molar-refractivity contribution in [2.24, 2.45) is 5.73 Å². The van der Waals surface area contributed by atoms with Gasteiger partial charge in [-0.05, 0) is 41.0 Å². The van der Waals surface area contributed by atoms with Gasteiger partial charge in [-0.15, -0.1) is 12.4 Å². The molecule has 0 aliphatic heterocycles. The van der Waals surface area contributed by atoms with Crippen LogP contribution in [0.3, 0.4) is 0 Å². The highest BCUT2D eigenvalue weighted by atomic mass is 35.5. The van der Waals surface area contributed by atoms with Gasteiger partial charge in [-0.3, -0.25) is 25.3 Å². The number of amides is 2. The maximum absolute atomic E-state index is 12.9. The van der Waals surface area contributed by atoms with Crippen LogP contribution in [0.4, 0.5) is 0 Å². The van der Waals surface area contributed by atoms with Crippen LogP contribution in [0, 0.1) is 5.41 Å². The molecule has 1 unspecified atom stereocenters. The first kappa shape index (κ1) is 29.0. The van der Waals surface area contributed by atoms with Gasteiger partial charge < -0.3 is 21.1 Å². The van der Waals surface area contributed by atoms with E-state index in [-0.39, 0.29) is 37.1 Å². The number of hydrogen-bond donors (Lipinski definition) is 5. The number of nitrogens with zero attached hydrogens (tertiary/aromatic N) is 1. The van der Waals surface area contributed by atoms with Crippen molar-refractivity contribution in [1.29, 1.82) is 5.41 Å². The number of carbonyl (C=O) groups excluding carboxylic acids is 3. The summed E-state index contributed by atoms with van der Waals surface area (Å²) in [4.78, 5) is 41.2. The van der Waals surface area contributed by atoms with Crippen LogP contribution in [0.5, 0.6) is 0 Å². The number of rotatable bonds is 11. The van der Waals surface area contributed by atoms with Gasteiger partial charge in [0, 0.05) is 31.0 Å². The van der Waals surface area contributed by atoms with Gasteiger partial charge in [0.1, 0.15) is 5.84 Å². The van der Waals surface area contributed by atoms with Crippen molar-refractivity contribution in [2.75, 3.05) is 7.11 Å². The topological polar surface area (TPSA) is 159 Å². The fourth-order valence-corrected chi connectivity index (χ4v) is 3.30. The molecule has 1 aromatic heterocycles. The van der Waals surface area contributed by atoms with E-state index in [2.05, 4.69) is 25.7 Å². The first-order valence-corrected chi connectivity index (χ1v) is 11.2. The van der Waals surface area contributed by atoms with E-state index in [1.807, 2.05) is 0 Å². The molecular weight excluding hydrogens is 496 g/mol. The Kier molecular flexibility index (Phi) is 11.2. The quantitative estimate of drug-likeness (QED) is 0.110. The second-order valence-corrected chi connectivity index (χ2v) is 7.93. The molecule has 10 nitrogen and oxygen atoms in total. The molecule has 3 rings (SSSR count). The summed E-state index contributed by atoms with van der Waals surface area (Å²) >= 11 is 0. The van der Waals surface area contributed by atoms with Gasteiger partial charge in [0.2, 0.25) is 5.91 Å². The highest BCUT2D eigenvalue weighted by Crippen LogP contribution is 2.07. The molecule has 2 aromatic carbocycles. The Balaban J connectivity index is 0.00000481. The average Bonchev–Trinajstić information content (AvgIpc) is 2.90. The van der Waals surface area contributed by atoms with Crippen molar-refractivity contribution in [3.63, 3.8) is 0 Å². The van der Waals surface area contributed by atoms with Crippen molar-refractivity contribution in [2.45, 2.75) is 25.7 Å². The largest absolute Gasteiger partial charge is 0.465 e. The molecule has 6 N–H and O–H groups in total. The first-order chi connectivity index (χ1) is 17.4. The van der Waals surface area contributed by atoms with Gasteiger partial charge in [-0.2, -0.15) is 0 Å². The number of nitrogen functional groups attached to an aromatic ring is 1. The lowest BCUT2D eigenvalue weighted by atomic mass is 10.1. The number of carbonyl (C=O) groups is 3. The minimum atomic E-state index is -0.999. The van der Waals surface area contributed by atoms with Crippen LogP contribution < -0.4 is 21.7 Å². The molecule has 0 radical (unpaired) electrons. The van der Waals surface area contributed by atoms with Gasteiger partial charge in [0.25, 0.3) is 5.91 Å². The Morgan fingerprint density at radius 3 is 2.05 bits per heavy atom. The molecule has 194 valence electrons. The number of pyridine rings is 1. The maximum Gasteiger partial charge on any atom is 0.337 e. The summed E-state index contributed by atoms with van der Waals surface area (Å²) in [7, 11) is 1.30. The molecule has 0 saturated carbocycles. The SMILES string of the molecule is COC(=O)c1ccc(CC(=O)NC(NCc2ccc(C(=N)N)cc2)C(=O)NCc2ccncc2)cc1.Cl. The molecule has 0 aliphatic rings. The fraction of sp³-hybridized carbons (Fsp3) is 0.192. The van der Waals surface area contributed by atoms with E-state index in [9.17, 15) is 14.4 Å². The number of methoxy groups -OCH3 is 1. The van der Waals surface area contributed by atoms with E-state index in [0.29, 0.717) is 23.2 Å². The number of nitrogens with two attached hydrogens (primary N) is 1. The van der Waals surface area contributed by atoms with Crippen LogP contribution in [-0.4, -0.2) is 41.9 Å². The van der Waals surface area contributed by atoms with Crippen molar-refractivity contribution < 1.29 is 19.1 Å². The molecular formula is C26H29ClN6O4. The van der Waals surface area contributed by atoms with E-state index < -0.39 is 18.0 Å². The molecule has 2 amide bonds. The zero-order valence-electron chi connectivity index (χ0n) is 20.2. The number of halogens is 1. The summed E-state index contributed by atoms with van der Waals surface area (Å²) in [6, 6.07) is 17.1. The van der Waals surface area contributed by atoms with E-state index in [0.717, 1.165) is 11.1 Å². The van der Waals surface area contributed by atoms with E-state index in [1.54, 1.807) is 73.1 Å².